The Labute approximate surface area is 408 Å². The van der Waals surface area contributed by atoms with Crippen molar-refractivity contribution in [3.8, 4) is 27.9 Å². The van der Waals surface area contributed by atoms with Crippen LogP contribution in [0.3, 0.4) is 0 Å². The molecule has 3 aromatic heterocycles. The minimum atomic E-state index is -0.277. The molecule has 11 aromatic rings. The van der Waals surface area contributed by atoms with Crippen LogP contribution in [-0.2, 0) is 21.7 Å². The second-order valence-corrected chi connectivity index (χ2v) is 25.5. The zero-order valence-electron chi connectivity index (χ0n) is 41.0. The SMILES string of the molecule is CC(C)(C)c1ccc(Nc2cc3sc4ccc(C(C)(C)C)cc4c3cc2-c2c3c(c4c5cc(C(C)(C)C)ccc5n5c4c2[B]c2cc4sc6ccccc6c4cc2-5)C(C)(C)c2ccccc2-3)cc1. The van der Waals surface area contributed by atoms with Gasteiger partial charge < -0.3 is 9.88 Å². The monoisotopic (exact) mass is 915 g/mol. The Morgan fingerprint density at radius 2 is 1.12 bits per heavy atom. The first-order valence-corrected chi connectivity index (χ1v) is 26.0. The Bertz CT molecular complexity index is 3980. The lowest BCUT2D eigenvalue weighted by Gasteiger charge is -2.29. The normalized spacial score (nSPS) is 14.3. The molecule has 333 valence electrons. The number of nitrogens with zero attached hydrogens (tertiary/aromatic N) is 1. The summed E-state index contributed by atoms with van der Waals surface area (Å²) in [5.41, 5.74) is 20.4. The van der Waals surface area contributed by atoms with Crippen molar-refractivity contribution in [2.45, 2.75) is 97.8 Å². The second-order valence-electron chi connectivity index (χ2n) is 23.3. The number of fused-ring (bicyclic) bond motifs is 15. The summed E-state index contributed by atoms with van der Waals surface area (Å²) in [6.07, 6.45) is 0. The summed E-state index contributed by atoms with van der Waals surface area (Å²) in [6, 6.07) is 51.8. The molecule has 0 unspecified atom stereocenters. The first-order valence-electron chi connectivity index (χ1n) is 24.3. The quantitative estimate of drug-likeness (QED) is 0.175. The lowest BCUT2D eigenvalue weighted by Crippen LogP contribution is -2.38. The molecule has 2 nitrogen and oxygen atoms in total. The molecule has 2 aliphatic rings. The Morgan fingerprint density at radius 1 is 0.515 bits per heavy atom. The van der Waals surface area contributed by atoms with E-state index in [1.165, 1.54) is 129 Å². The number of aromatic nitrogens is 1. The minimum absolute atomic E-state index is 0.0176. The number of anilines is 2. The van der Waals surface area contributed by atoms with Crippen LogP contribution in [0.1, 0.15) is 104 Å². The Kier molecular flexibility index (Phi) is 8.64. The maximum absolute atomic E-state index is 4.09. The number of nitrogens with one attached hydrogen (secondary N) is 1. The van der Waals surface area contributed by atoms with Crippen LogP contribution in [0.15, 0.2) is 133 Å². The molecular weight excluding hydrogens is 860 g/mol. The summed E-state index contributed by atoms with van der Waals surface area (Å²) in [5.74, 6) is 0. The van der Waals surface area contributed by atoms with E-state index in [-0.39, 0.29) is 21.7 Å². The minimum Gasteiger partial charge on any atom is -0.355 e. The van der Waals surface area contributed by atoms with E-state index in [4.69, 9.17) is 0 Å². The first kappa shape index (κ1) is 42.0. The van der Waals surface area contributed by atoms with Gasteiger partial charge in [0.2, 0.25) is 0 Å². The summed E-state index contributed by atoms with van der Waals surface area (Å²) in [5, 5.41) is 12.1. The van der Waals surface area contributed by atoms with E-state index in [2.05, 4.69) is 227 Å². The molecule has 0 fully saturated rings. The molecule has 5 heteroatoms. The molecule has 68 heavy (non-hydrogen) atoms. The van der Waals surface area contributed by atoms with Gasteiger partial charge in [0.25, 0.3) is 0 Å². The van der Waals surface area contributed by atoms with Gasteiger partial charge in [-0.2, -0.15) is 0 Å². The van der Waals surface area contributed by atoms with E-state index in [0.29, 0.717) is 0 Å². The molecule has 1 aliphatic carbocycles. The molecule has 8 aromatic carbocycles. The molecule has 0 atom stereocenters. The smallest absolute Gasteiger partial charge is 0.198 e. The van der Waals surface area contributed by atoms with E-state index >= 15 is 0 Å². The Morgan fingerprint density at radius 3 is 1.85 bits per heavy atom. The van der Waals surface area contributed by atoms with Crippen LogP contribution >= 0.6 is 22.7 Å². The summed E-state index contributed by atoms with van der Waals surface area (Å²) in [6.45, 7) is 25.8. The highest BCUT2D eigenvalue weighted by Crippen LogP contribution is 2.58. The summed E-state index contributed by atoms with van der Waals surface area (Å²) in [4.78, 5) is 0. The van der Waals surface area contributed by atoms with Crippen LogP contribution in [0.4, 0.5) is 11.4 Å². The van der Waals surface area contributed by atoms with E-state index in [1.54, 1.807) is 0 Å². The van der Waals surface area contributed by atoms with Crippen molar-refractivity contribution in [1.82, 2.24) is 4.57 Å². The average Bonchev–Trinajstić information content (AvgIpc) is 4.01. The maximum atomic E-state index is 4.09. The number of thiophene rings is 2. The standard InChI is InChI=1S/C63H56BN2S2/c1-60(2,3)34-20-24-37(25-21-34)65-47-33-53-41(40-28-36(62(7,8)9)23-27-51(40)68-53)30-43(47)55-54-39-17-12-14-18-45(39)63(10,11)57(54)56-44-29-35(61(4,5)6)22-26-48(44)66-49-31-42-38-16-13-15-19-50(38)67-52(42)32-46(49)64-58(55)59(56)66/h12-33,65H,1-11H3. The molecule has 0 spiro atoms. The lowest BCUT2D eigenvalue weighted by molar-refractivity contribution is 0.590. The summed E-state index contributed by atoms with van der Waals surface area (Å²) >= 11 is 3.81. The van der Waals surface area contributed by atoms with E-state index in [9.17, 15) is 0 Å². The van der Waals surface area contributed by atoms with Crippen molar-refractivity contribution in [3.63, 3.8) is 0 Å². The molecular formula is C63H56BN2S2. The van der Waals surface area contributed by atoms with Crippen LogP contribution in [0.2, 0.25) is 0 Å². The van der Waals surface area contributed by atoms with Gasteiger partial charge in [0.15, 0.2) is 7.28 Å². The number of hydrogen-bond donors (Lipinski definition) is 1. The van der Waals surface area contributed by atoms with Gasteiger partial charge in [-0.05, 0) is 133 Å². The zero-order valence-corrected chi connectivity index (χ0v) is 42.7. The molecule has 1 radical (unpaired) electrons. The third-order valence-electron chi connectivity index (χ3n) is 15.4. The van der Waals surface area contributed by atoms with E-state index < -0.39 is 0 Å². The van der Waals surface area contributed by atoms with Crippen LogP contribution in [0.5, 0.6) is 0 Å². The van der Waals surface area contributed by atoms with E-state index in [1.807, 2.05) is 22.7 Å². The van der Waals surface area contributed by atoms with Gasteiger partial charge in [-0.25, -0.2) is 0 Å². The van der Waals surface area contributed by atoms with Gasteiger partial charge in [-0.1, -0.05) is 148 Å². The van der Waals surface area contributed by atoms with Gasteiger partial charge in [-0.3, -0.25) is 0 Å². The van der Waals surface area contributed by atoms with Crippen molar-refractivity contribution in [2.75, 3.05) is 5.32 Å². The van der Waals surface area contributed by atoms with Crippen molar-refractivity contribution < 1.29 is 0 Å². The second kappa shape index (κ2) is 14.0. The third kappa shape index (κ3) is 6.00. The summed E-state index contributed by atoms with van der Waals surface area (Å²) in [7, 11) is 2.56. The molecule has 1 N–H and O–H groups in total. The van der Waals surface area contributed by atoms with Crippen LogP contribution in [-0.4, -0.2) is 11.8 Å². The number of benzene rings is 8. The lowest BCUT2D eigenvalue weighted by atomic mass is 9.57. The highest BCUT2D eigenvalue weighted by Gasteiger charge is 2.43. The molecule has 1 aliphatic heterocycles. The van der Waals surface area contributed by atoms with Crippen molar-refractivity contribution in [1.29, 1.82) is 0 Å². The highest BCUT2D eigenvalue weighted by atomic mass is 32.1. The molecule has 0 bridgehead atoms. The predicted octanol–water partition coefficient (Wildman–Crippen LogP) is 17.1. The fourth-order valence-electron chi connectivity index (χ4n) is 11.8. The van der Waals surface area contributed by atoms with Gasteiger partial charge in [-0.15, -0.1) is 22.7 Å². The summed E-state index contributed by atoms with van der Waals surface area (Å²) < 4.78 is 7.92. The largest absolute Gasteiger partial charge is 0.355 e. The topological polar surface area (TPSA) is 17.0 Å². The predicted molar refractivity (Wildman–Crippen MR) is 300 cm³/mol. The molecule has 13 rings (SSSR count). The van der Waals surface area contributed by atoms with Crippen molar-refractivity contribution in [2.24, 2.45) is 0 Å². The van der Waals surface area contributed by atoms with Crippen LogP contribution in [0, 0.1) is 0 Å². The van der Waals surface area contributed by atoms with Gasteiger partial charge in [0.1, 0.15) is 0 Å². The van der Waals surface area contributed by atoms with E-state index in [0.717, 1.165) is 11.4 Å². The third-order valence-corrected chi connectivity index (χ3v) is 17.7. The van der Waals surface area contributed by atoms with Crippen LogP contribution < -0.4 is 16.2 Å². The van der Waals surface area contributed by atoms with Crippen molar-refractivity contribution in [3.05, 3.63) is 161 Å². The Hall–Kier alpha value is -6.14. The fraction of sp³-hybridized carbons (Fsp3) is 0.238. The van der Waals surface area contributed by atoms with Gasteiger partial charge in [0.05, 0.1) is 5.52 Å². The molecule has 0 amide bonds. The zero-order chi connectivity index (χ0) is 47.0. The molecule has 4 heterocycles. The van der Waals surface area contributed by atoms with Gasteiger partial charge in [0, 0.05) is 84.7 Å². The Balaban J connectivity index is 1.21. The number of hydrogen-bond acceptors (Lipinski definition) is 3. The van der Waals surface area contributed by atoms with Gasteiger partial charge >= 0.3 is 0 Å². The average molecular weight is 916 g/mol. The highest BCUT2D eigenvalue weighted by molar-refractivity contribution is 7.26. The molecule has 0 saturated heterocycles. The first-order chi connectivity index (χ1) is 32.3. The van der Waals surface area contributed by atoms with Crippen molar-refractivity contribution >= 4 is 114 Å². The van der Waals surface area contributed by atoms with Crippen LogP contribution in [0.25, 0.3) is 90.1 Å². The fourth-order valence-corrected chi connectivity index (χ4v) is 14.0. The number of rotatable bonds is 3. The maximum Gasteiger partial charge on any atom is 0.198 e. The molecule has 0 saturated carbocycles.